The van der Waals surface area contributed by atoms with E-state index in [2.05, 4.69) is 32.2 Å². The predicted molar refractivity (Wildman–Crippen MR) is 115 cm³/mol. The molecule has 6 heteroatoms. The molecule has 0 aromatic carbocycles. The average molecular weight is 401 g/mol. The molecule has 1 unspecified atom stereocenters. The summed E-state index contributed by atoms with van der Waals surface area (Å²) in [4.78, 5) is 27.0. The van der Waals surface area contributed by atoms with E-state index >= 15 is 0 Å². The van der Waals surface area contributed by atoms with Gasteiger partial charge in [-0.05, 0) is 70.2 Å². The maximum Gasteiger partial charge on any atom is 0.309 e. The third-order valence-corrected chi connectivity index (χ3v) is 6.19. The summed E-state index contributed by atoms with van der Waals surface area (Å²) in [6.45, 7) is 3.06. The minimum Gasteiger partial charge on any atom is -0.353 e. The first-order valence-corrected chi connectivity index (χ1v) is 11.2. The van der Waals surface area contributed by atoms with Gasteiger partial charge in [0.15, 0.2) is 0 Å². The lowest BCUT2D eigenvalue weighted by atomic mass is 9.97. The summed E-state index contributed by atoms with van der Waals surface area (Å²) in [5.41, 5.74) is 2.58. The van der Waals surface area contributed by atoms with E-state index in [0.717, 1.165) is 32.4 Å². The van der Waals surface area contributed by atoms with Gasteiger partial charge >= 0.3 is 11.8 Å². The Labute approximate surface area is 174 Å². The normalized spacial score (nSPS) is 19.1. The Bertz CT molecular complexity index is 701. The molecule has 160 valence electrons. The van der Waals surface area contributed by atoms with E-state index in [1.807, 2.05) is 19.3 Å². The smallest absolute Gasteiger partial charge is 0.309 e. The molecule has 29 heavy (non-hydrogen) atoms. The molecular formula is C23H36N4O2. The summed E-state index contributed by atoms with van der Waals surface area (Å²) in [6, 6.07) is 4.24. The van der Waals surface area contributed by atoms with Crippen LogP contribution in [0.5, 0.6) is 0 Å². The van der Waals surface area contributed by atoms with Crippen LogP contribution >= 0.6 is 0 Å². The highest BCUT2D eigenvalue weighted by Crippen LogP contribution is 2.24. The van der Waals surface area contributed by atoms with Crippen molar-refractivity contribution in [2.75, 3.05) is 26.2 Å². The molecule has 3 rings (SSSR count). The van der Waals surface area contributed by atoms with Crippen molar-refractivity contribution in [3.63, 3.8) is 0 Å². The summed E-state index contributed by atoms with van der Waals surface area (Å²) in [7, 11) is 2.04. The van der Waals surface area contributed by atoms with Crippen molar-refractivity contribution in [1.82, 2.24) is 20.1 Å². The van der Waals surface area contributed by atoms with Crippen LogP contribution in [0.25, 0.3) is 0 Å². The van der Waals surface area contributed by atoms with Crippen LogP contribution in [0.4, 0.5) is 0 Å². The molecule has 1 aliphatic carbocycles. The second-order valence-electron chi connectivity index (χ2n) is 8.33. The summed E-state index contributed by atoms with van der Waals surface area (Å²) in [6.07, 6.45) is 14.8. The van der Waals surface area contributed by atoms with Gasteiger partial charge in [0.2, 0.25) is 0 Å². The molecule has 0 spiro atoms. The van der Waals surface area contributed by atoms with Crippen molar-refractivity contribution < 1.29 is 9.59 Å². The fourth-order valence-corrected chi connectivity index (χ4v) is 4.47. The Balaban J connectivity index is 1.51. The van der Waals surface area contributed by atoms with Crippen molar-refractivity contribution in [3.8, 4) is 0 Å². The third-order valence-electron chi connectivity index (χ3n) is 6.19. The van der Waals surface area contributed by atoms with Gasteiger partial charge in [-0.3, -0.25) is 14.5 Å². The largest absolute Gasteiger partial charge is 0.353 e. The fourth-order valence-electron chi connectivity index (χ4n) is 4.47. The number of aryl methyl sites for hydroxylation is 1. The minimum atomic E-state index is -0.531. The number of hydrogen-bond donors (Lipinski definition) is 2. The molecule has 6 nitrogen and oxygen atoms in total. The number of amides is 2. The Kier molecular flexibility index (Phi) is 8.35. The van der Waals surface area contributed by atoms with Crippen LogP contribution in [0.15, 0.2) is 30.0 Å². The molecule has 1 fully saturated rings. The van der Waals surface area contributed by atoms with Gasteiger partial charge in [-0.1, -0.05) is 24.5 Å². The Morgan fingerprint density at radius 2 is 1.79 bits per heavy atom. The van der Waals surface area contributed by atoms with Gasteiger partial charge in [-0.25, -0.2) is 0 Å². The van der Waals surface area contributed by atoms with Gasteiger partial charge in [0.25, 0.3) is 0 Å². The van der Waals surface area contributed by atoms with Crippen LogP contribution in [0, 0.1) is 0 Å². The first-order valence-electron chi connectivity index (χ1n) is 11.2. The quantitative estimate of drug-likeness (QED) is 0.546. The number of nitrogens with one attached hydrogen (secondary N) is 2. The van der Waals surface area contributed by atoms with Crippen LogP contribution in [-0.4, -0.2) is 47.5 Å². The van der Waals surface area contributed by atoms with Gasteiger partial charge in [-0.2, -0.15) is 0 Å². The molecule has 2 aliphatic rings. The fraction of sp³-hybridized carbons (Fsp3) is 0.652. The molecule has 1 saturated heterocycles. The van der Waals surface area contributed by atoms with E-state index < -0.39 is 11.8 Å². The summed E-state index contributed by atoms with van der Waals surface area (Å²) in [5, 5.41) is 5.66. The lowest BCUT2D eigenvalue weighted by Crippen LogP contribution is -2.45. The zero-order valence-corrected chi connectivity index (χ0v) is 17.8. The average Bonchev–Trinajstić information content (AvgIpc) is 2.99. The van der Waals surface area contributed by atoms with Crippen molar-refractivity contribution in [2.45, 2.75) is 63.8 Å². The minimum absolute atomic E-state index is 0.0947. The molecule has 2 heterocycles. The SMILES string of the molecule is Cn1cccc1C(CNC(=O)C(=O)NCCC1=CCCCC1)N1CCCCCC1. The molecule has 0 bridgehead atoms. The number of carbonyl (C=O) groups excluding carboxylic acids is 2. The maximum absolute atomic E-state index is 12.4. The van der Waals surface area contributed by atoms with Crippen molar-refractivity contribution in [3.05, 3.63) is 35.7 Å². The van der Waals surface area contributed by atoms with E-state index in [-0.39, 0.29) is 6.04 Å². The van der Waals surface area contributed by atoms with Crippen LogP contribution in [-0.2, 0) is 16.6 Å². The standard InChI is InChI=1S/C23H36N4O2/c1-26-15-9-12-20(26)21(27-16-7-2-3-8-17-27)18-25-23(29)22(28)24-14-13-19-10-5-4-6-11-19/h9-10,12,15,21H,2-8,11,13-14,16-18H2,1H3,(H,24,28)(H,25,29). The zero-order valence-electron chi connectivity index (χ0n) is 17.8. The van der Waals surface area contributed by atoms with Crippen LogP contribution in [0.3, 0.4) is 0 Å². The lowest BCUT2D eigenvalue weighted by Gasteiger charge is -2.31. The van der Waals surface area contributed by atoms with E-state index in [1.54, 1.807) is 0 Å². The predicted octanol–water partition coefficient (Wildman–Crippen LogP) is 3.07. The molecule has 2 N–H and O–H groups in total. The summed E-state index contributed by atoms with van der Waals surface area (Å²) in [5.74, 6) is -1.06. The number of hydrogen-bond acceptors (Lipinski definition) is 3. The number of rotatable bonds is 7. The highest BCUT2D eigenvalue weighted by atomic mass is 16.2. The van der Waals surface area contributed by atoms with E-state index in [0.29, 0.717) is 13.1 Å². The summed E-state index contributed by atoms with van der Waals surface area (Å²) < 4.78 is 2.11. The second-order valence-corrected chi connectivity index (χ2v) is 8.33. The Morgan fingerprint density at radius 1 is 1.03 bits per heavy atom. The van der Waals surface area contributed by atoms with Gasteiger partial charge in [-0.15, -0.1) is 0 Å². The number of nitrogens with zero attached hydrogens (tertiary/aromatic N) is 2. The number of likely N-dealkylation sites (tertiary alicyclic amines) is 1. The van der Waals surface area contributed by atoms with Gasteiger partial charge in [0.1, 0.15) is 0 Å². The van der Waals surface area contributed by atoms with Crippen molar-refractivity contribution in [1.29, 1.82) is 0 Å². The molecule has 0 saturated carbocycles. The summed E-state index contributed by atoms with van der Waals surface area (Å²) >= 11 is 0. The first-order chi connectivity index (χ1) is 14.1. The topological polar surface area (TPSA) is 66.4 Å². The van der Waals surface area contributed by atoms with Crippen LogP contribution < -0.4 is 10.6 Å². The molecule has 1 aromatic rings. The first kappa shape index (κ1) is 21.6. The van der Waals surface area contributed by atoms with Gasteiger partial charge in [0.05, 0.1) is 6.04 Å². The molecule has 2 amide bonds. The molecule has 1 aliphatic heterocycles. The molecule has 1 atom stereocenters. The van der Waals surface area contributed by atoms with E-state index in [1.165, 1.54) is 49.8 Å². The Hall–Kier alpha value is -2.08. The van der Waals surface area contributed by atoms with E-state index in [4.69, 9.17) is 0 Å². The van der Waals surface area contributed by atoms with Crippen molar-refractivity contribution in [2.24, 2.45) is 7.05 Å². The van der Waals surface area contributed by atoms with Crippen LogP contribution in [0.1, 0.15) is 69.5 Å². The number of carbonyl (C=O) groups is 2. The van der Waals surface area contributed by atoms with Gasteiger partial charge in [0, 0.05) is 32.0 Å². The molecular weight excluding hydrogens is 364 g/mol. The van der Waals surface area contributed by atoms with E-state index in [9.17, 15) is 9.59 Å². The third kappa shape index (κ3) is 6.46. The number of allylic oxidation sites excluding steroid dienone is 1. The maximum atomic E-state index is 12.4. The highest BCUT2D eigenvalue weighted by Gasteiger charge is 2.25. The molecule has 1 aromatic heterocycles. The Morgan fingerprint density at radius 3 is 2.45 bits per heavy atom. The van der Waals surface area contributed by atoms with Gasteiger partial charge < -0.3 is 15.2 Å². The second kappa shape index (κ2) is 11.2. The van der Waals surface area contributed by atoms with Crippen LogP contribution in [0.2, 0.25) is 0 Å². The van der Waals surface area contributed by atoms with Crippen molar-refractivity contribution >= 4 is 11.8 Å². The lowest BCUT2D eigenvalue weighted by molar-refractivity contribution is -0.139. The highest BCUT2D eigenvalue weighted by molar-refractivity contribution is 6.35. The number of aromatic nitrogens is 1. The monoisotopic (exact) mass is 400 g/mol. The zero-order chi connectivity index (χ0) is 20.5. The molecule has 0 radical (unpaired) electrons.